The normalized spacial score (nSPS) is 10.5. The molecule has 1 heterocycles. The molecule has 5 nitrogen and oxygen atoms in total. The van der Waals surface area contributed by atoms with E-state index in [1.807, 2.05) is 36.4 Å². The summed E-state index contributed by atoms with van der Waals surface area (Å²) in [6.45, 7) is 0.345. The molecule has 0 aliphatic carbocycles. The number of nitrogens with one attached hydrogen (secondary N) is 1. The van der Waals surface area contributed by atoms with Crippen LogP contribution in [0.4, 0.5) is 0 Å². The van der Waals surface area contributed by atoms with Crippen LogP contribution < -0.4 is 11.1 Å². The minimum atomic E-state index is -0.481. The number of primary amides is 1. The van der Waals surface area contributed by atoms with Gasteiger partial charge in [-0.15, -0.1) is 0 Å². The summed E-state index contributed by atoms with van der Waals surface area (Å²) in [7, 11) is 0. The number of nitrogens with zero attached hydrogens (tertiary/aromatic N) is 1. The number of carbonyl (C=O) groups excluding carboxylic acids is 2. The van der Waals surface area contributed by atoms with Crippen molar-refractivity contribution in [3.05, 3.63) is 77.5 Å². The first kappa shape index (κ1) is 15.7. The molecule has 24 heavy (non-hydrogen) atoms. The van der Waals surface area contributed by atoms with Gasteiger partial charge in [0.15, 0.2) is 0 Å². The molecule has 0 aliphatic rings. The van der Waals surface area contributed by atoms with Crippen LogP contribution in [-0.4, -0.2) is 16.8 Å². The fraction of sp³-hybridized carbons (Fsp3) is 0.105. The van der Waals surface area contributed by atoms with E-state index in [1.54, 1.807) is 24.4 Å². The number of para-hydroxylation sites is 1. The third-order valence-electron chi connectivity index (χ3n) is 3.77. The number of carbonyl (C=O) groups is 2. The van der Waals surface area contributed by atoms with Crippen molar-refractivity contribution in [2.45, 2.75) is 13.0 Å². The highest BCUT2D eigenvalue weighted by atomic mass is 16.1. The molecule has 0 aliphatic heterocycles. The molecule has 0 unspecified atom stereocenters. The van der Waals surface area contributed by atoms with E-state index >= 15 is 0 Å². The summed E-state index contributed by atoms with van der Waals surface area (Å²) in [6, 6.07) is 16.6. The first-order valence-corrected chi connectivity index (χ1v) is 7.61. The van der Waals surface area contributed by atoms with Gasteiger partial charge in [0.25, 0.3) is 0 Å². The lowest BCUT2D eigenvalue weighted by molar-refractivity contribution is -0.120. The predicted octanol–water partition coefficient (Wildman–Crippen LogP) is 2.19. The molecular formula is C19H17N3O2. The van der Waals surface area contributed by atoms with Crippen molar-refractivity contribution in [2.24, 2.45) is 5.73 Å². The first-order chi connectivity index (χ1) is 11.6. The Kier molecular flexibility index (Phi) is 4.52. The van der Waals surface area contributed by atoms with Gasteiger partial charge in [-0.25, -0.2) is 0 Å². The molecule has 0 atom stereocenters. The molecule has 120 valence electrons. The Balaban J connectivity index is 1.67. The van der Waals surface area contributed by atoms with Crippen LogP contribution in [0, 0.1) is 0 Å². The Morgan fingerprint density at radius 2 is 1.83 bits per heavy atom. The summed E-state index contributed by atoms with van der Waals surface area (Å²) < 4.78 is 0. The summed E-state index contributed by atoms with van der Waals surface area (Å²) in [5.41, 5.74) is 8.24. The molecule has 0 bridgehead atoms. The van der Waals surface area contributed by atoms with Crippen LogP contribution in [0.1, 0.15) is 21.5 Å². The van der Waals surface area contributed by atoms with Gasteiger partial charge in [0.2, 0.25) is 11.8 Å². The number of aromatic nitrogens is 1. The van der Waals surface area contributed by atoms with Crippen molar-refractivity contribution in [3.63, 3.8) is 0 Å². The zero-order valence-corrected chi connectivity index (χ0v) is 13.0. The van der Waals surface area contributed by atoms with Crippen LogP contribution >= 0.6 is 0 Å². The average molecular weight is 319 g/mol. The third-order valence-corrected chi connectivity index (χ3v) is 3.77. The number of hydrogen-bond acceptors (Lipinski definition) is 3. The SMILES string of the molecule is NC(=O)c1cccc(CNC(=O)Cc2cccc3cccnc23)c1. The minimum absolute atomic E-state index is 0.0994. The van der Waals surface area contributed by atoms with Crippen molar-refractivity contribution in [1.29, 1.82) is 0 Å². The van der Waals surface area contributed by atoms with Crippen LogP contribution in [0.5, 0.6) is 0 Å². The largest absolute Gasteiger partial charge is 0.366 e. The molecule has 3 rings (SSSR count). The van der Waals surface area contributed by atoms with Crippen molar-refractivity contribution in [3.8, 4) is 0 Å². The lowest BCUT2D eigenvalue weighted by atomic mass is 10.1. The standard InChI is InChI=1S/C19H17N3O2/c20-19(24)16-7-1-4-13(10-16)12-22-17(23)11-15-6-2-5-14-8-3-9-21-18(14)15/h1-10H,11-12H2,(H2,20,24)(H,22,23). The molecule has 0 saturated heterocycles. The van der Waals surface area contributed by atoms with Gasteiger partial charge in [0.05, 0.1) is 11.9 Å². The topological polar surface area (TPSA) is 85.1 Å². The van der Waals surface area contributed by atoms with E-state index in [-0.39, 0.29) is 12.3 Å². The van der Waals surface area contributed by atoms with Crippen LogP contribution in [0.15, 0.2) is 60.8 Å². The summed E-state index contributed by atoms with van der Waals surface area (Å²) >= 11 is 0. The van der Waals surface area contributed by atoms with E-state index in [4.69, 9.17) is 5.73 Å². The number of hydrogen-bond donors (Lipinski definition) is 2. The maximum absolute atomic E-state index is 12.2. The third kappa shape index (κ3) is 3.57. The lowest BCUT2D eigenvalue weighted by Crippen LogP contribution is -2.25. The minimum Gasteiger partial charge on any atom is -0.366 e. The molecular weight excluding hydrogens is 302 g/mol. The van der Waals surface area contributed by atoms with E-state index < -0.39 is 5.91 Å². The van der Waals surface area contributed by atoms with Crippen LogP contribution in [-0.2, 0) is 17.8 Å². The molecule has 1 aromatic heterocycles. The maximum atomic E-state index is 12.2. The average Bonchev–Trinajstić information content (AvgIpc) is 2.60. The van der Waals surface area contributed by atoms with Gasteiger partial charge in [0, 0.05) is 23.7 Å². The molecule has 0 radical (unpaired) electrons. The zero-order chi connectivity index (χ0) is 16.9. The fourth-order valence-corrected chi connectivity index (χ4v) is 2.58. The number of pyridine rings is 1. The summed E-state index contributed by atoms with van der Waals surface area (Å²) in [5, 5.41) is 3.87. The second-order valence-corrected chi connectivity index (χ2v) is 5.51. The molecule has 0 spiro atoms. The summed E-state index contributed by atoms with van der Waals surface area (Å²) in [5.74, 6) is -0.581. The maximum Gasteiger partial charge on any atom is 0.248 e. The summed E-state index contributed by atoms with van der Waals surface area (Å²) in [4.78, 5) is 27.8. The van der Waals surface area contributed by atoms with E-state index in [1.165, 1.54) is 0 Å². The van der Waals surface area contributed by atoms with Gasteiger partial charge in [-0.1, -0.05) is 36.4 Å². The van der Waals surface area contributed by atoms with E-state index in [2.05, 4.69) is 10.3 Å². The molecule has 0 fully saturated rings. The van der Waals surface area contributed by atoms with E-state index in [0.29, 0.717) is 12.1 Å². The Bertz CT molecular complexity index is 901. The highest BCUT2D eigenvalue weighted by molar-refractivity contribution is 5.93. The number of rotatable bonds is 5. The second-order valence-electron chi connectivity index (χ2n) is 5.51. The molecule has 3 N–H and O–H groups in total. The Labute approximate surface area is 139 Å². The molecule has 2 aromatic carbocycles. The molecule has 2 amide bonds. The highest BCUT2D eigenvalue weighted by Crippen LogP contribution is 2.16. The number of benzene rings is 2. The Morgan fingerprint density at radius 3 is 2.67 bits per heavy atom. The van der Waals surface area contributed by atoms with Gasteiger partial charge in [-0.05, 0) is 29.3 Å². The van der Waals surface area contributed by atoms with E-state index in [0.717, 1.165) is 22.0 Å². The van der Waals surface area contributed by atoms with Gasteiger partial charge >= 0.3 is 0 Å². The summed E-state index contributed by atoms with van der Waals surface area (Å²) in [6.07, 6.45) is 1.98. The van der Waals surface area contributed by atoms with Gasteiger partial charge < -0.3 is 11.1 Å². The predicted molar refractivity (Wildman–Crippen MR) is 92.3 cm³/mol. The number of amides is 2. The van der Waals surface area contributed by atoms with Crippen LogP contribution in [0.3, 0.4) is 0 Å². The molecule has 0 saturated carbocycles. The van der Waals surface area contributed by atoms with Gasteiger partial charge in [-0.3, -0.25) is 14.6 Å². The van der Waals surface area contributed by atoms with Crippen molar-refractivity contribution in [2.75, 3.05) is 0 Å². The molecule has 5 heteroatoms. The van der Waals surface area contributed by atoms with Crippen molar-refractivity contribution in [1.82, 2.24) is 10.3 Å². The molecule has 3 aromatic rings. The number of nitrogens with two attached hydrogens (primary N) is 1. The van der Waals surface area contributed by atoms with Crippen molar-refractivity contribution >= 4 is 22.7 Å². The monoisotopic (exact) mass is 319 g/mol. The van der Waals surface area contributed by atoms with Gasteiger partial charge in [-0.2, -0.15) is 0 Å². The quantitative estimate of drug-likeness (QED) is 0.756. The Morgan fingerprint density at radius 1 is 1.04 bits per heavy atom. The van der Waals surface area contributed by atoms with Crippen molar-refractivity contribution < 1.29 is 9.59 Å². The number of fused-ring (bicyclic) bond motifs is 1. The lowest BCUT2D eigenvalue weighted by Gasteiger charge is -2.08. The van der Waals surface area contributed by atoms with Crippen LogP contribution in [0.2, 0.25) is 0 Å². The smallest absolute Gasteiger partial charge is 0.248 e. The zero-order valence-electron chi connectivity index (χ0n) is 13.0. The van der Waals surface area contributed by atoms with E-state index in [9.17, 15) is 9.59 Å². The second kappa shape index (κ2) is 6.91. The highest BCUT2D eigenvalue weighted by Gasteiger charge is 2.08. The van der Waals surface area contributed by atoms with Gasteiger partial charge in [0.1, 0.15) is 0 Å². The van der Waals surface area contributed by atoms with Crippen LogP contribution in [0.25, 0.3) is 10.9 Å². The fourth-order valence-electron chi connectivity index (χ4n) is 2.58. The first-order valence-electron chi connectivity index (χ1n) is 7.61. The Hall–Kier alpha value is -3.21.